The molecule has 5 aromatic carbocycles. The smallest absolute Gasteiger partial charge is 0.326 e. The van der Waals surface area contributed by atoms with Gasteiger partial charge in [-0.3, -0.25) is 14.4 Å². The van der Waals surface area contributed by atoms with Gasteiger partial charge < -0.3 is 24.6 Å². The summed E-state index contributed by atoms with van der Waals surface area (Å²) in [6.45, 7) is 3.22. The monoisotopic (exact) mass is 830 g/mol. The molecule has 6 aromatic rings. The number of amides is 1. The Kier molecular flexibility index (Phi) is 11.9. The molecule has 1 amide bonds. The molecule has 0 saturated carbocycles. The predicted octanol–water partition coefficient (Wildman–Crippen LogP) is 9.18. The third kappa shape index (κ3) is 9.10. The largest absolute Gasteiger partial charge is 0.489 e. The molecule has 3 heterocycles. The molecule has 0 bridgehead atoms. The molecule has 0 radical (unpaired) electrons. The molecule has 4 atom stereocenters. The zero-order valence-corrected chi connectivity index (χ0v) is 34.2. The van der Waals surface area contributed by atoms with Crippen LogP contribution in [-0.4, -0.2) is 50.4 Å². The Hall–Kier alpha value is -5.81. The number of halogens is 2. The molecule has 59 heavy (non-hydrogen) atoms. The van der Waals surface area contributed by atoms with Crippen LogP contribution in [0.15, 0.2) is 122 Å². The Morgan fingerprint density at radius 2 is 1.64 bits per heavy atom. The van der Waals surface area contributed by atoms with Gasteiger partial charge in [0.15, 0.2) is 17.6 Å². The van der Waals surface area contributed by atoms with E-state index in [0.717, 1.165) is 50.9 Å². The van der Waals surface area contributed by atoms with Crippen LogP contribution in [0, 0.1) is 0 Å². The van der Waals surface area contributed by atoms with Gasteiger partial charge >= 0.3 is 5.97 Å². The molecule has 0 saturated heterocycles. The molecule has 302 valence electrons. The van der Waals surface area contributed by atoms with Gasteiger partial charge in [-0.05, 0) is 88.2 Å². The lowest BCUT2D eigenvalue weighted by molar-refractivity contribution is -0.143. The van der Waals surface area contributed by atoms with E-state index in [2.05, 4.69) is 34.4 Å². The van der Waals surface area contributed by atoms with E-state index in [1.54, 1.807) is 23.0 Å². The Bertz CT molecular complexity index is 2440. The van der Waals surface area contributed by atoms with Crippen LogP contribution in [0.4, 0.5) is 0 Å². The zero-order valence-electron chi connectivity index (χ0n) is 32.7. The SMILES string of the molecule is CCC(c1ccccc1)N1Cc2cc3c(cc2CC1C(=O)NC(Cc1ccc(-c2cnn(C)c2)cc1)C(=O)O)OCC(c1ccc(OCc2ccc(Cl)c(Cl)c2)cc1)O3. The first-order chi connectivity index (χ1) is 28.6. The Labute approximate surface area is 353 Å². The lowest BCUT2D eigenvalue weighted by Crippen LogP contribution is -2.55. The summed E-state index contributed by atoms with van der Waals surface area (Å²) in [6, 6.07) is 33.2. The number of carbonyl (C=O) groups excluding carboxylic acids is 1. The van der Waals surface area contributed by atoms with Crippen molar-refractivity contribution >= 4 is 35.1 Å². The molecule has 2 aliphatic heterocycles. The number of rotatable bonds is 13. The number of carbonyl (C=O) groups is 2. The van der Waals surface area contributed by atoms with E-state index in [0.29, 0.717) is 53.5 Å². The molecular formula is C47H44Cl2N4O6. The molecule has 8 rings (SSSR count). The van der Waals surface area contributed by atoms with Gasteiger partial charge in [-0.25, -0.2) is 4.79 Å². The van der Waals surface area contributed by atoms with Crippen molar-refractivity contribution in [3.05, 3.63) is 165 Å². The summed E-state index contributed by atoms with van der Waals surface area (Å²) in [6.07, 6.45) is 4.63. The fourth-order valence-electron chi connectivity index (χ4n) is 7.93. The number of ether oxygens (including phenoxy) is 3. The van der Waals surface area contributed by atoms with Crippen molar-refractivity contribution < 1.29 is 28.9 Å². The van der Waals surface area contributed by atoms with Gasteiger partial charge in [0.05, 0.1) is 22.3 Å². The number of carboxylic acid groups (broad SMARTS) is 1. The van der Waals surface area contributed by atoms with Crippen LogP contribution in [0.1, 0.15) is 58.9 Å². The number of aryl methyl sites for hydroxylation is 1. The molecule has 0 spiro atoms. The van der Waals surface area contributed by atoms with E-state index >= 15 is 0 Å². The number of fused-ring (bicyclic) bond motifs is 2. The number of hydrogen-bond donors (Lipinski definition) is 2. The minimum absolute atomic E-state index is 0.0956. The van der Waals surface area contributed by atoms with Crippen LogP contribution in [0.5, 0.6) is 17.2 Å². The average molecular weight is 832 g/mol. The molecular weight excluding hydrogens is 787 g/mol. The maximum absolute atomic E-state index is 14.4. The molecule has 2 aliphatic rings. The molecule has 0 fully saturated rings. The Morgan fingerprint density at radius 3 is 2.34 bits per heavy atom. The van der Waals surface area contributed by atoms with E-state index in [1.165, 1.54) is 0 Å². The van der Waals surface area contributed by atoms with Gasteiger partial charge in [-0.2, -0.15) is 5.10 Å². The van der Waals surface area contributed by atoms with Crippen molar-refractivity contribution in [2.45, 2.75) is 63.6 Å². The van der Waals surface area contributed by atoms with E-state index in [9.17, 15) is 14.7 Å². The second-order valence-corrected chi connectivity index (χ2v) is 15.8. The maximum atomic E-state index is 14.4. The van der Waals surface area contributed by atoms with Gasteiger partial charge in [-0.1, -0.05) is 103 Å². The average Bonchev–Trinajstić information content (AvgIpc) is 3.69. The number of aliphatic carboxylic acids is 1. The number of hydrogen-bond acceptors (Lipinski definition) is 7. The van der Waals surface area contributed by atoms with Crippen LogP contribution in [0.2, 0.25) is 10.0 Å². The fourth-order valence-corrected chi connectivity index (χ4v) is 8.25. The molecule has 12 heteroatoms. The number of benzene rings is 5. The summed E-state index contributed by atoms with van der Waals surface area (Å²) in [5.41, 5.74) is 7.69. The summed E-state index contributed by atoms with van der Waals surface area (Å²) in [4.78, 5) is 29.2. The number of carboxylic acids is 1. The quantitative estimate of drug-likeness (QED) is 0.119. The van der Waals surface area contributed by atoms with Gasteiger partial charge in [0.25, 0.3) is 0 Å². The fraction of sp³-hybridized carbons (Fsp3) is 0.255. The summed E-state index contributed by atoms with van der Waals surface area (Å²) < 4.78 is 20.6. The van der Waals surface area contributed by atoms with E-state index in [4.69, 9.17) is 37.4 Å². The maximum Gasteiger partial charge on any atom is 0.326 e. The van der Waals surface area contributed by atoms with Crippen molar-refractivity contribution in [2.24, 2.45) is 7.05 Å². The minimum atomic E-state index is -1.12. The highest BCUT2D eigenvalue weighted by Gasteiger charge is 2.38. The third-order valence-corrected chi connectivity index (χ3v) is 11.8. The van der Waals surface area contributed by atoms with Crippen LogP contribution in [0.3, 0.4) is 0 Å². The first kappa shape index (κ1) is 40.0. The number of aromatic nitrogens is 2. The third-order valence-electron chi connectivity index (χ3n) is 11.1. The van der Waals surface area contributed by atoms with Gasteiger partial charge in [0, 0.05) is 37.8 Å². The van der Waals surface area contributed by atoms with Gasteiger partial charge in [0.1, 0.15) is 25.0 Å². The van der Waals surface area contributed by atoms with Crippen molar-refractivity contribution in [3.8, 4) is 28.4 Å². The standard InChI is InChI=1S/C47H44Cl2N4O6/c1-3-41(32-7-5-4-6-8-32)53-26-35-23-44-43(58-28-45(59-44)33-14-16-37(17-15-33)57-27-30-11-18-38(48)39(49)19-30)22-34(35)21-42(53)46(54)51-40(47(55)56)20-29-9-12-31(13-10-29)36-24-50-52(2)25-36/h4-19,22-25,40-42,45H,3,20-21,26-28H2,1-2H3,(H,51,54)(H,55,56). The lowest BCUT2D eigenvalue weighted by atomic mass is 9.89. The predicted molar refractivity (Wildman–Crippen MR) is 227 cm³/mol. The topological polar surface area (TPSA) is 115 Å². The minimum Gasteiger partial charge on any atom is -0.489 e. The van der Waals surface area contributed by atoms with E-state index in [1.807, 2.05) is 98.2 Å². The van der Waals surface area contributed by atoms with Crippen molar-refractivity contribution in [2.75, 3.05) is 6.61 Å². The summed E-state index contributed by atoms with van der Waals surface area (Å²) in [7, 11) is 1.86. The highest BCUT2D eigenvalue weighted by molar-refractivity contribution is 6.42. The second kappa shape index (κ2) is 17.6. The second-order valence-electron chi connectivity index (χ2n) is 15.0. The molecule has 1 aromatic heterocycles. The van der Waals surface area contributed by atoms with Crippen LogP contribution in [-0.2, 0) is 42.6 Å². The summed E-state index contributed by atoms with van der Waals surface area (Å²) in [5, 5.41) is 18.5. The first-order valence-electron chi connectivity index (χ1n) is 19.7. The van der Waals surface area contributed by atoms with Crippen molar-refractivity contribution in [3.63, 3.8) is 0 Å². The summed E-state index contributed by atoms with van der Waals surface area (Å²) >= 11 is 12.2. The highest BCUT2D eigenvalue weighted by Crippen LogP contribution is 2.42. The lowest BCUT2D eigenvalue weighted by Gasteiger charge is -2.42. The normalized spacial score (nSPS) is 17.1. The first-order valence-corrected chi connectivity index (χ1v) is 20.4. The number of nitrogens with one attached hydrogen (secondary N) is 1. The van der Waals surface area contributed by atoms with Gasteiger partial charge in [-0.15, -0.1) is 0 Å². The van der Waals surface area contributed by atoms with Crippen molar-refractivity contribution in [1.82, 2.24) is 20.0 Å². The van der Waals surface area contributed by atoms with E-state index in [-0.39, 0.29) is 24.5 Å². The van der Waals surface area contributed by atoms with Crippen LogP contribution >= 0.6 is 23.2 Å². The van der Waals surface area contributed by atoms with Gasteiger partial charge in [0.2, 0.25) is 5.91 Å². The zero-order chi connectivity index (χ0) is 41.0. The molecule has 2 N–H and O–H groups in total. The van der Waals surface area contributed by atoms with E-state index < -0.39 is 18.1 Å². The molecule has 0 aliphatic carbocycles. The summed E-state index contributed by atoms with van der Waals surface area (Å²) in [5.74, 6) is 0.535. The van der Waals surface area contributed by atoms with Crippen LogP contribution in [0.25, 0.3) is 11.1 Å². The molecule has 4 unspecified atom stereocenters. The number of nitrogens with zero attached hydrogens (tertiary/aromatic N) is 3. The Balaban J connectivity index is 0.992. The highest BCUT2D eigenvalue weighted by atomic mass is 35.5. The molecule has 10 nitrogen and oxygen atoms in total. The van der Waals surface area contributed by atoms with Crippen LogP contribution < -0.4 is 19.5 Å². The Morgan fingerprint density at radius 1 is 0.898 bits per heavy atom. The van der Waals surface area contributed by atoms with Crippen molar-refractivity contribution in [1.29, 1.82) is 0 Å².